The van der Waals surface area contributed by atoms with Crippen molar-refractivity contribution in [3.63, 3.8) is 0 Å². The van der Waals surface area contributed by atoms with Crippen LogP contribution in [0, 0.1) is 5.41 Å². The van der Waals surface area contributed by atoms with Gasteiger partial charge in [0.15, 0.2) is 0 Å². The van der Waals surface area contributed by atoms with Crippen molar-refractivity contribution >= 4 is 5.82 Å². The molecule has 0 radical (unpaired) electrons. The van der Waals surface area contributed by atoms with Crippen LogP contribution >= 0.6 is 0 Å². The summed E-state index contributed by atoms with van der Waals surface area (Å²) in [5.41, 5.74) is 0.0757. The standard InChI is InChI=1S/C10H17N3O/c1-10(2,5-7-14)8-11-9-4-3-6-12-13-9/h3-4,6,14H,5,7-8H2,1-2H3,(H,11,13). The van der Waals surface area contributed by atoms with Crippen molar-refractivity contribution < 1.29 is 5.11 Å². The highest BCUT2D eigenvalue weighted by atomic mass is 16.3. The molecule has 0 saturated heterocycles. The molecule has 4 heteroatoms. The first-order valence-electron chi connectivity index (χ1n) is 4.76. The Balaban J connectivity index is 2.40. The number of hydrogen-bond acceptors (Lipinski definition) is 4. The van der Waals surface area contributed by atoms with E-state index in [9.17, 15) is 0 Å². The Labute approximate surface area is 84.4 Å². The number of nitrogens with one attached hydrogen (secondary N) is 1. The second-order valence-corrected chi connectivity index (χ2v) is 4.10. The van der Waals surface area contributed by atoms with Gasteiger partial charge in [-0.3, -0.25) is 0 Å². The topological polar surface area (TPSA) is 58.0 Å². The van der Waals surface area contributed by atoms with Gasteiger partial charge in [-0.2, -0.15) is 5.10 Å². The SMILES string of the molecule is CC(C)(CCO)CNc1cccnn1. The molecule has 0 saturated carbocycles. The van der Waals surface area contributed by atoms with E-state index in [1.54, 1.807) is 6.20 Å². The Morgan fingerprint density at radius 1 is 1.50 bits per heavy atom. The number of aliphatic hydroxyl groups is 1. The maximum absolute atomic E-state index is 8.84. The lowest BCUT2D eigenvalue weighted by Crippen LogP contribution is -2.24. The minimum Gasteiger partial charge on any atom is -0.396 e. The van der Waals surface area contributed by atoms with E-state index in [1.807, 2.05) is 12.1 Å². The molecule has 0 aliphatic heterocycles. The fourth-order valence-corrected chi connectivity index (χ4v) is 1.12. The Morgan fingerprint density at radius 3 is 2.86 bits per heavy atom. The van der Waals surface area contributed by atoms with Crippen molar-refractivity contribution in [2.45, 2.75) is 20.3 Å². The van der Waals surface area contributed by atoms with E-state index >= 15 is 0 Å². The number of aliphatic hydroxyl groups excluding tert-OH is 1. The van der Waals surface area contributed by atoms with Gasteiger partial charge in [-0.15, -0.1) is 5.10 Å². The molecular formula is C10H17N3O. The highest BCUT2D eigenvalue weighted by molar-refractivity contribution is 5.31. The maximum atomic E-state index is 8.84. The minimum absolute atomic E-state index is 0.0757. The molecule has 1 heterocycles. The van der Waals surface area contributed by atoms with Gasteiger partial charge in [0.2, 0.25) is 0 Å². The third-order valence-corrected chi connectivity index (χ3v) is 2.11. The summed E-state index contributed by atoms with van der Waals surface area (Å²) in [7, 11) is 0. The molecule has 14 heavy (non-hydrogen) atoms. The van der Waals surface area contributed by atoms with E-state index in [-0.39, 0.29) is 12.0 Å². The Bertz CT molecular complexity index is 261. The van der Waals surface area contributed by atoms with Crippen molar-refractivity contribution in [1.82, 2.24) is 10.2 Å². The van der Waals surface area contributed by atoms with Gasteiger partial charge in [0.25, 0.3) is 0 Å². The fraction of sp³-hybridized carbons (Fsp3) is 0.600. The number of hydrogen-bond donors (Lipinski definition) is 2. The lowest BCUT2D eigenvalue weighted by molar-refractivity contribution is 0.220. The number of nitrogens with zero attached hydrogens (tertiary/aromatic N) is 2. The van der Waals surface area contributed by atoms with E-state index in [0.29, 0.717) is 0 Å². The van der Waals surface area contributed by atoms with Crippen LogP contribution < -0.4 is 5.32 Å². The van der Waals surface area contributed by atoms with E-state index < -0.39 is 0 Å². The fourth-order valence-electron chi connectivity index (χ4n) is 1.12. The molecular weight excluding hydrogens is 178 g/mol. The van der Waals surface area contributed by atoms with Crippen molar-refractivity contribution in [3.8, 4) is 0 Å². The molecule has 0 spiro atoms. The van der Waals surface area contributed by atoms with Crippen LogP contribution in [0.5, 0.6) is 0 Å². The summed E-state index contributed by atoms with van der Waals surface area (Å²) in [6.45, 7) is 5.21. The number of anilines is 1. The summed E-state index contributed by atoms with van der Waals surface area (Å²) in [5, 5.41) is 19.7. The second kappa shape index (κ2) is 4.91. The van der Waals surface area contributed by atoms with E-state index in [1.165, 1.54) is 0 Å². The van der Waals surface area contributed by atoms with Crippen LogP contribution in [0.3, 0.4) is 0 Å². The van der Waals surface area contributed by atoms with Crippen molar-refractivity contribution in [2.75, 3.05) is 18.5 Å². The summed E-state index contributed by atoms with van der Waals surface area (Å²) in [5.74, 6) is 0.776. The third-order valence-electron chi connectivity index (χ3n) is 2.11. The molecule has 0 unspecified atom stereocenters. The van der Waals surface area contributed by atoms with Crippen LogP contribution in [0.15, 0.2) is 18.3 Å². The average Bonchev–Trinajstić information content (AvgIpc) is 2.17. The van der Waals surface area contributed by atoms with Crippen molar-refractivity contribution in [3.05, 3.63) is 18.3 Å². The first-order valence-corrected chi connectivity index (χ1v) is 4.76. The van der Waals surface area contributed by atoms with Gasteiger partial charge in [0, 0.05) is 19.3 Å². The smallest absolute Gasteiger partial charge is 0.148 e. The molecule has 4 nitrogen and oxygen atoms in total. The molecule has 1 aromatic heterocycles. The lowest BCUT2D eigenvalue weighted by Gasteiger charge is -2.23. The third kappa shape index (κ3) is 3.70. The molecule has 0 aliphatic carbocycles. The molecule has 2 N–H and O–H groups in total. The first kappa shape index (κ1) is 10.9. The quantitative estimate of drug-likeness (QED) is 0.743. The summed E-state index contributed by atoms with van der Waals surface area (Å²) in [6, 6.07) is 3.72. The molecule has 0 atom stereocenters. The lowest BCUT2D eigenvalue weighted by atomic mass is 9.90. The molecule has 0 aromatic carbocycles. The maximum Gasteiger partial charge on any atom is 0.148 e. The Hall–Kier alpha value is -1.16. The summed E-state index contributed by atoms with van der Waals surface area (Å²) < 4.78 is 0. The summed E-state index contributed by atoms with van der Waals surface area (Å²) in [6.07, 6.45) is 2.42. The van der Waals surface area contributed by atoms with Gasteiger partial charge in [-0.1, -0.05) is 13.8 Å². The Kier molecular flexibility index (Phi) is 3.83. The molecule has 0 bridgehead atoms. The van der Waals surface area contributed by atoms with Gasteiger partial charge in [0.05, 0.1) is 0 Å². The zero-order valence-electron chi connectivity index (χ0n) is 8.70. The zero-order valence-corrected chi connectivity index (χ0v) is 8.70. The van der Waals surface area contributed by atoms with Gasteiger partial charge in [0.1, 0.15) is 5.82 Å². The van der Waals surface area contributed by atoms with Gasteiger partial charge >= 0.3 is 0 Å². The van der Waals surface area contributed by atoms with Crippen LogP contribution in [0.1, 0.15) is 20.3 Å². The van der Waals surface area contributed by atoms with Gasteiger partial charge in [-0.25, -0.2) is 0 Å². The van der Waals surface area contributed by atoms with Gasteiger partial charge < -0.3 is 10.4 Å². The predicted molar refractivity (Wildman–Crippen MR) is 56.0 cm³/mol. The van der Waals surface area contributed by atoms with Crippen LogP contribution in [0.25, 0.3) is 0 Å². The van der Waals surface area contributed by atoms with Crippen LogP contribution in [-0.2, 0) is 0 Å². The summed E-state index contributed by atoms with van der Waals surface area (Å²) >= 11 is 0. The van der Waals surface area contributed by atoms with E-state index in [0.717, 1.165) is 18.8 Å². The van der Waals surface area contributed by atoms with Crippen LogP contribution in [0.2, 0.25) is 0 Å². The highest BCUT2D eigenvalue weighted by Crippen LogP contribution is 2.19. The van der Waals surface area contributed by atoms with Gasteiger partial charge in [-0.05, 0) is 24.0 Å². The van der Waals surface area contributed by atoms with Crippen molar-refractivity contribution in [1.29, 1.82) is 0 Å². The molecule has 78 valence electrons. The van der Waals surface area contributed by atoms with Crippen LogP contribution in [0.4, 0.5) is 5.82 Å². The largest absolute Gasteiger partial charge is 0.396 e. The van der Waals surface area contributed by atoms with E-state index in [2.05, 4.69) is 29.4 Å². The highest BCUT2D eigenvalue weighted by Gasteiger charge is 2.16. The molecule has 1 aromatic rings. The average molecular weight is 195 g/mol. The Morgan fingerprint density at radius 2 is 2.29 bits per heavy atom. The monoisotopic (exact) mass is 195 g/mol. The number of aromatic nitrogens is 2. The minimum atomic E-state index is 0.0757. The van der Waals surface area contributed by atoms with Crippen molar-refractivity contribution in [2.24, 2.45) is 5.41 Å². The summed E-state index contributed by atoms with van der Waals surface area (Å²) in [4.78, 5) is 0. The normalized spacial score (nSPS) is 11.4. The zero-order chi connectivity index (χ0) is 10.4. The second-order valence-electron chi connectivity index (χ2n) is 4.10. The predicted octanol–water partition coefficient (Wildman–Crippen LogP) is 1.30. The molecule has 0 aliphatic rings. The number of rotatable bonds is 5. The van der Waals surface area contributed by atoms with E-state index in [4.69, 9.17) is 5.11 Å². The first-order chi connectivity index (χ1) is 6.64. The molecule has 0 fully saturated rings. The molecule has 0 amide bonds. The van der Waals surface area contributed by atoms with Crippen LogP contribution in [-0.4, -0.2) is 28.5 Å². The molecule has 1 rings (SSSR count).